The van der Waals surface area contributed by atoms with Crippen molar-refractivity contribution < 1.29 is 19.0 Å². The molecule has 0 unspecified atom stereocenters. The van der Waals surface area contributed by atoms with Gasteiger partial charge in [-0.3, -0.25) is 4.79 Å². The van der Waals surface area contributed by atoms with Crippen LogP contribution < -0.4 is 0 Å². The maximum Gasteiger partial charge on any atom is 0.305 e. The smallest absolute Gasteiger partial charge is 0.305 e. The fourth-order valence-electron chi connectivity index (χ4n) is 9.25. The first kappa shape index (κ1) is 23.5. The van der Waals surface area contributed by atoms with Crippen molar-refractivity contribution in [2.45, 2.75) is 97.2 Å². The molecule has 4 aliphatic carbocycles. The molecule has 10 atom stereocenters. The molecule has 0 aliphatic heterocycles. The highest BCUT2D eigenvalue weighted by molar-refractivity contribution is 5.69. The third-order valence-electron chi connectivity index (χ3n) is 11.0. The summed E-state index contributed by atoms with van der Waals surface area (Å²) in [7, 11) is 5.35. The molecule has 4 nitrogen and oxygen atoms in total. The van der Waals surface area contributed by atoms with Gasteiger partial charge in [0.15, 0.2) is 0 Å². The molecule has 4 saturated carbocycles. The minimum atomic E-state index is -0.0624. The average molecular weight is 435 g/mol. The van der Waals surface area contributed by atoms with Crippen LogP contribution in [0.25, 0.3) is 0 Å². The highest BCUT2D eigenvalue weighted by Crippen LogP contribution is 2.68. The van der Waals surface area contributed by atoms with E-state index in [0.717, 1.165) is 30.1 Å². The molecule has 0 N–H and O–H groups in total. The number of carbonyl (C=O) groups is 1. The zero-order valence-electron chi connectivity index (χ0n) is 20.8. The van der Waals surface area contributed by atoms with Gasteiger partial charge in [-0.2, -0.15) is 0 Å². The number of methoxy groups -OCH3 is 3. The minimum absolute atomic E-state index is 0.0624. The van der Waals surface area contributed by atoms with E-state index in [-0.39, 0.29) is 5.97 Å². The highest BCUT2D eigenvalue weighted by atomic mass is 16.5. The van der Waals surface area contributed by atoms with E-state index in [1.165, 1.54) is 58.5 Å². The molecule has 31 heavy (non-hydrogen) atoms. The Morgan fingerprint density at radius 3 is 2.32 bits per heavy atom. The minimum Gasteiger partial charge on any atom is -0.469 e. The fraction of sp³-hybridized carbons (Fsp3) is 0.963. The maximum absolute atomic E-state index is 11.7. The first-order chi connectivity index (χ1) is 14.8. The Hall–Kier alpha value is -0.610. The molecule has 4 fully saturated rings. The second-order valence-corrected chi connectivity index (χ2v) is 12.0. The lowest BCUT2D eigenvalue weighted by Crippen LogP contribution is -2.59. The summed E-state index contributed by atoms with van der Waals surface area (Å²) < 4.78 is 17.0. The van der Waals surface area contributed by atoms with E-state index in [1.54, 1.807) is 0 Å². The number of esters is 1. The number of hydrogen-bond acceptors (Lipinski definition) is 4. The first-order valence-corrected chi connectivity index (χ1v) is 12.9. The quantitative estimate of drug-likeness (QED) is 0.490. The van der Waals surface area contributed by atoms with Crippen molar-refractivity contribution in [2.75, 3.05) is 21.3 Å². The van der Waals surface area contributed by atoms with Gasteiger partial charge in [-0.25, -0.2) is 0 Å². The lowest BCUT2D eigenvalue weighted by molar-refractivity contribution is -0.183. The molecule has 0 aromatic carbocycles. The molecule has 0 spiro atoms. The van der Waals surface area contributed by atoms with Gasteiger partial charge in [-0.1, -0.05) is 20.8 Å². The van der Waals surface area contributed by atoms with Crippen LogP contribution in [0.1, 0.15) is 85.0 Å². The molecule has 0 bridgehead atoms. The molecule has 0 radical (unpaired) electrons. The third-order valence-corrected chi connectivity index (χ3v) is 11.0. The number of rotatable bonds is 6. The van der Waals surface area contributed by atoms with Crippen molar-refractivity contribution in [3.8, 4) is 0 Å². The normalized spacial score (nSPS) is 47.7. The highest BCUT2D eigenvalue weighted by Gasteiger charge is 2.63. The van der Waals surface area contributed by atoms with Crippen LogP contribution in [0, 0.1) is 46.3 Å². The van der Waals surface area contributed by atoms with Crippen LogP contribution >= 0.6 is 0 Å². The Kier molecular flexibility index (Phi) is 6.81. The lowest BCUT2D eigenvalue weighted by atomic mass is 9.43. The predicted octanol–water partition coefficient (Wildman–Crippen LogP) is 5.87. The van der Waals surface area contributed by atoms with Crippen molar-refractivity contribution in [3.05, 3.63) is 0 Å². The molecular weight excluding hydrogens is 388 g/mol. The van der Waals surface area contributed by atoms with Gasteiger partial charge in [0, 0.05) is 20.6 Å². The summed E-state index contributed by atoms with van der Waals surface area (Å²) >= 11 is 0. The summed E-state index contributed by atoms with van der Waals surface area (Å²) in [5.41, 5.74) is 0.838. The van der Waals surface area contributed by atoms with Crippen molar-refractivity contribution in [1.82, 2.24) is 0 Å². The second-order valence-electron chi connectivity index (χ2n) is 12.0. The Morgan fingerprint density at radius 1 is 0.935 bits per heavy atom. The molecular formula is C27H46O4. The van der Waals surface area contributed by atoms with Crippen molar-refractivity contribution in [1.29, 1.82) is 0 Å². The van der Waals surface area contributed by atoms with Crippen LogP contribution in [0.5, 0.6) is 0 Å². The van der Waals surface area contributed by atoms with Crippen molar-refractivity contribution >= 4 is 5.97 Å². The van der Waals surface area contributed by atoms with Gasteiger partial charge in [-0.15, -0.1) is 0 Å². The lowest BCUT2D eigenvalue weighted by Gasteiger charge is -2.63. The van der Waals surface area contributed by atoms with Gasteiger partial charge in [0.2, 0.25) is 0 Å². The zero-order chi connectivity index (χ0) is 22.4. The van der Waals surface area contributed by atoms with Crippen LogP contribution in [0.15, 0.2) is 0 Å². The van der Waals surface area contributed by atoms with E-state index in [0.29, 0.717) is 41.3 Å². The Balaban J connectivity index is 1.54. The summed E-state index contributed by atoms with van der Waals surface area (Å²) in [6.07, 6.45) is 12.7. The fourth-order valence-corrected chi connectivity index (χ4v) is 9.25. The zero-order valence-corrected chi connectivity index (χ0v) is 20.8. The molecule has 4 heteroatoms. The molecule has 0 saturated heterocycles. The van der Waals surface area contributed by atoms with Gasteiger partial charge in [0.1, 0.15) is 0 Å². The van der Waals surface area contributed by atoms with E-state index in [1.807, 2.05) is 14.2 Å². The molecule has 0 aromatic heterocycles. The van der Waals surface area contributed by atoms with E-state index in [2.05, 4.69) is 20.8 Å². The largest absolute Gasteiger partial charge is 0.469 e. The third kappa shape index (κ3) is 3.88. The molecule has 4 rings (SSSR count). The topological polar surface area (TPSA) is 44.8 Å². The van der Waals surface area contributed by atoms with E-state index in [4.69, 9.17) is 14.2 Å². The molecule has 4 aliphatic rings. The average Bonchev–Trinajstić information content (AvgIpc) is 3.13. The van der Waals surface area contributed by atoms with Crippen LogP contribution in [0.2, 0.25) is 0 Å². The summed E-state index contributed by atoms with van der Waals surface area (Å²) in [4.78, 5) is 11.7. The van der Waals surface area contributed by atoms with Crippen LogP contribution in [0.3, 0.4) is 0 Å². The number of ether oxygens (including phenoxy) is 3. The molecule has 0 aromatic rings. The van der Waals surface area contributed by atoms with E-state index >= 15 is 0 Å². The second kappa shape index (κ2) is 8.97. The molecule has 0 amide bonds. The molecule has 0 heterocycles. The Morgan fingerprint density at radius 2 is 1.65 bits per heavy atom. The van der Waals surface area contributed by atoms with Gasteiger partial charge in [-0.05, 0) is 104 Å². The number of fused-ring (bicyclic) bond motifs is 5. The predicted molar refractivity (Wildman–Crippen MR) is 123 cm³/mol. The summed E-state index contributed by atoms with van der Waals surface area (Å²) in [6, 6.07) is 0. The SMILES string of the molecule is COC(=O)CC[C@@H](C)[C@H]1CC[C@H]2[C@@H]3[C@@H](OC)C[C@@H]4C[C@H](OC)CC[C@]4(C)[C@H]3CC[C@]12C. The maximum atomic E-state index is 11.7. The Bertz CT molecular complexity index is 649. The van der Waals surface area contributed by atoms with Crippen molar-refractivity contribution in [3.63, 3.8) is 0 Å². The van der Waals surface area contributed by atoms with Gasteiger partial charge < -0.3 is 14.2 Å². The van der Waals surface area contributed by atoms with Crippen LogP contribution in [-0.4, -0.2) is 39.5 Å². The summed E-state index contributed by atoms with van der Waals surface area (Å²) in [5.74, 6) is 4.22. The Labute approximate surface area is 190 Å². The monoisotopic (exact) mass is 434 g/mol. The number of hydrogen-bond donors (Lipinski definition) is 0. The van der Waals surface area contributed by atoms with Crippen LogP contribution in [-0.2, 0) is 19.0 Å². The summed E-state index contributed by atoms with van der Waals surface area (Å²) in [5, 5.41) is 0. The first-order valence-electron chi connectivity index (χ1n) is 12.9. The van der Waals surface area contributed by atoms with E-state index < -0.39 is 0 Å². The van der Waals surface area contributed by atoms with E-state index in [9.17, 15) is 4.79 Å². The van der Waals surface area contributed by atoms with Gasteiger partial charge in [0.05, 0.1) is 19.3 Å². The number of carbonyl (C=O) groups excluding carboxylic acids is 1. The molecule has 178 valence electrons. The van der Waals surface area contributed by atoms with Gasteiger partial charge >= 0.3 is 5.97 Å². The standard InChI is InChI=1S/C27H46O4/c1-17(7-10-24(28)31-6)20-8-9-21-25-22(12-14-27(20,21)3)26(2)13-11-19(29-4)15-18(26)16-23(25)30-5/h17-23,25H,7-16H2,1-6H3/t17-,18+,19-,20-,21+,22+,23+,25+,26+,27-/m1/s1. The van der Waals surface area contributed by atoms with Gasteiger partial charge in [0.25, 0.3) is 0 Å². The summed E-state index contributed by atoms with van der Waals surface area (Å²) in [6.45, 7) is 7.58. The van der Waals surface area contributed by atoms with Crippen molar-refractivity contribution in [2.24, 2.45) is 46.3 Å². The van der Waals surface area contributed by atoms with Crippen LogP contribution in [0.4, 0.5) is 0 Å².